The molecule has 0 bridgehead atoms. The summed E-state index contributed by atoms with van der Waals surface area (Å²) in [6, 6.07) is 37.9. The van der Waals surface area contributed by atoms with Crippen LogP contribution in [0.5, 0.6) is 0 Å². The molecule has 59 heavy (non-hydrogen) atoms. The maximum Gasteiger partial charge on any atom is 0.324 e. The number of amides is 1. The number of anilines is 2. The van der Waals surface area contributed by atoms with Gasteiger partial charge >= 0.3 is 11.9 Å². The molecule has 0 aromatic heterocycles. The molecule has 0 atom stereocenters. The molecule has 12 nitrogen and oxygen atoms in total. The fourth-order valence-corrected chi connectivity index (χ4v) is 10.0. The summed E-state index contributed by atoms with van der Waals surface area (Å²) in [7, 11) is -9.29. The Labute approximate surface area is 342 Å². The molecule has 1 aliphatic rings. The number of carbonyl (C=O) groups is 3. The van der Waals surface area contributed by atoms with Gasteiger partial charge in [-0.15, -0.1) is 0 Å². The maximum atomic E-state index is 14.7. The Balaban J connectivity index is 1.42. The summed E-state index contributed by atoms with van der Waals surface area (Å²) >= 11 is 0. The first kappa shape index (κ1) is 40.4. The molecule has 1 heterocycles. The molecule has 0 spiro atoms. The Kier molecular flexibility index (Phi) is 11.6. The minimum atomic E-state index is -4.67. The number of fused-ring (bicyclic) bond motifs is 1. The molecule has 1 fully saturated rings. The van der Waals surface area contributed by atoms with Crippen LogP contribution < -0.4 is 8.61 Å². The largest absolute Gasteiger partial charge is 0.480 e. The summed E-state index contributed by atoms with van der Waals surface area (Å²) in [5, 5.41) is 20.5. The van der Waals surface area contributed by atoms with Crippen molar-refractivity contribution in [2.24, 2.45) is 0 Å². The summed E-state index contributed by atoms with van der Waals surface area (Å²) < 4.78 is 59.9. The second kappa shape index (κ2) is 17.0. The van der Waals surface area contributed by atoms with Gasteiger partial charge in [0.25, 0.3) is 20.0 Å². The first-order chi connectivity index (χ1) is 28.3. The average molecular weight is 830 g/mol. The van der Waals surface area contributed by atoms with Crippen LogP contribution >= 0.6 is 0 Å². The van der Waals surface area contributed by atoms with Gasteiger partial charge in [0.15, 0.2) is 0 Å². The quantitative estimate of drug-likeness (QED) is 0.107. The zero-order valence-corrected chi connectivity index (χ0v) is 33.2. The van der Waals surface area contributed by atoms with Crippen LogP contribution in [0.2, 0.25) is 0 Å². The highest BCUT2D eigenvalue weighted by molar-refractivity contribution is 7.93. The lowest BCUT2D eigenvalue weighted by atomic mass is 10.0. The summed E-state index contributed by atoms with van der Waals surface area (Å²) in [4.78, 5) is 39.6. The van der Waals surface area contributed by atoms with Gasteiger partial charge in [0.1, 0.15) is 13.1 Å². The minimum Gasteiger partial charge on any atom is -0.480 e. The number of hydrogen-bond acceptors (Lipinski definition) is 7. The normalized spacial score (nSPS) is 13.1. The molecule has 7 rings (SSSR count). The number of carbonyl (C=O) groups excluding carboxylic acids is 1. The molecule has 1 saturated heterocycles. The molecular formula is C45H39N3O9S2. The average Bonchev–Trinajstić information content (AvgIpc) is 3.80. The number of nitrogens with zero attached hydrogens (tertiary/aromatic N) is 3. The predicted molar refractivity (Wildman–Crippen MR) is 227 cm³/mol. The molecule has 6 aromatic rings. The van der Waals surface area contributed by atoms with Gasteiger partial charge in [0.05, 0.1) is 21.2 Å². The van der Waals surface area contributed by atoms with E-state index in [4.69, 9.17) is 0 Å². The molecule has 6 aromatic carbocycles. The van der Waals surface area contributed by atoms with Crippen LogP contribution in [0, 0.1) is 0 Å². The van der Waals surface area contributed by atoms with Crippen LogP contribution in [-0.2, 0) is 34.4 Å². The number of aliphatic carboxylic acids is 2. The third-order valence-electron chi connectivity index (χ3n) is 10.0. The smallest absolute Gasteiger partial charge is 0.324 e. The Morgan fingerprint density at radius 2 is 0.983 bits per heavy atom. The Hall–Kier alpha value is -6.77. The standard InChI is InChI=1S/C45H39N3O9S2/c49-42(46-27-9-10-28-46)26-21-36-29-41(47(30-43(50)51)58(54,55)37-22-17-34(18-23-37)32-11-3-1-4-12-32)39-15-7-8-16-40(39)45(36)48(31-44(52)53)59(56,57)38-24-19-35(20-25-38)33-13-5-2-6-14-33/h1-8,11-26,29H,9-10,27-28,30-31H2,(H,50,51)(H,52,53)/b26-21+. The number of benzene rings is 6. The van der Waals surface area contributed by atoms with E-state index in [1.165, 1.54) is 54.6 Å². The van der Waals surface area contributed by atoms with Crippen LogP contribution in [0.25, 0.3) is 39.1 Å². The summed E-state index contributed by atoms with van der Waals surface area (Å²) in [6.45, 7) is -1.05. The second-order valence-electron chi connectivity index (χ2n) is 13.8. The van der Waals surface area contributed by atoms with Crippen molar-refractivity contribution in [2.75, 3.05) is 34.8 Å². The lowest BCUT2D eigenvalue weighted by molar-refractivity contribution is -0.136. The van der Waals surface area contributed by atoms with E-state index in [2.05, 4.69) is 0 Å². The monoisotopic (exact) mass is 829 g/mol. The molecule has 2 N–H and O–H groups in total. The van der Waals surface area contributed by atoms with E-state index >= 15 is 0 Å². The first-order valence-electron chi connectivity index (χ1n) is 18.7. The highest BCUT2D eigenvalue weighted by Gasteiger charge is 2.34. The van der Waals surface area contributed by atoms with E-state index in [0.717, 1.165) is 43.7 Å². The van der Waals surface area contributed by atoms with Gasteiger partial charge in [0, 0.05) is 35.5 Å². The topological polar surface area (TPSA) is 170 Å². The fourth-order valence-electron chi connectivity index (χ4n) is 7.16. The van der Waals surface area contributed by atoms with Gasteiger partial charge in [-0.3, -0.25) is 23.0 Å². The highest BCUT2D eigenvalue weighted by Crippen LogP contribution is 2.42. The van der Waals surface area contributed by atoms with E-state index in [9.17, 15) is 41.4 Å². The molecule has 0 unspecified atom stereocenters. The van der Waals surface area contributed by atoms with E-state index in [1.54, 1.807) is 41.3 Å². The molecule has 0 saturated carbocycles. The lowest BCUT2D eigenvalue weighted by Gasteiger charge is -2.30. The van der Waals surface area contributed by atoms with E-state index < -0.39 is 45.1 Å². The second-order valence-corrected chi connectivity index (χ2v) is 17.6. The zero-order valence-electron chi connectivity index (χ0n) is 31.6. The van der Waals surface area contributed by atoms with Gasteiger partial charge in [-0.1, -0.05) is 109 Å². The van der Waals surface area contributed by atoms with Gasteiger partial charge < -0.3 is 15.1 Å². The van der Waals surface area contributed by atoms with Crippen molar-refractivity contribution in [3.05, 3.63) is 151 Å². The maximum absolute atomic E-state index is 14.7. The molecule has 14 heteroatoms. The van der Waals surface area contributed by atoms with Gasteiger partial charge in [-0.25, -0.2) is 16.8 Å². The van der Waals surface area contributed by atoms with Crippen LogP contribution in [-0.4, -0.2) is 76.0 Å². The number of hydrogen-bond donors (Lipinski definition) is 2. The Morgan fingerprint density at radius 1 is 0.559 bits per heavy atom. The van der Waals surface area contributed by atoms with Crippen LogP contribution in [0.3, 0.4) is 0 Å². The zero-order chi connectivity index (χ0) is 41.7. The Bertz CT molecular complexity index is 2770. The summed E-state index contributed by atoms with van der Waals surface area (Å²) in [6.07, 6.45) is 4.14. The third kappa shape index (κ3) is 8.59. The van der Waals surface area contributed by atoms with Crippen LogP contribution in [0.4, 0.5) is 11.4 Å². The van der Waals surface area contributed by atoms with Crippen LogP contribution in [0.1, 0.15) is 18.4 Å². The van der Waals surface area contributed by atoms with Crippen molar-refractivity contribution in [1.29, 1.82) is 0 Å². The molecule has 300 valence electrons. The molecule has 1 amide bonds. The van der Waals surface area contributed by atoms with Gasteiger partial charge in [-0.05, 0) is 71.5 Å². The van der Waals surface area contributed by atoms with Crippen molar-refractivity contribution in [3.8, 4) is 22.3 Å². The molecule has 1 aliphatic heterocycles. The lowest BCUT2D eigenvalue weighted by Crippen LogP contribution is -2.37. The summed E-state index contributed by atoms with van der Waals surface area (Å²) in [5.41, 5.74) is 2.81. The fraction of sp³-hybridized carbons (Fsp3) is 0.133. The highest BCUT2D eigenvalue weighted by atomic mass is 32.2. The van der Waals surface area contributed by atoms with Crippen molar-refractivity contribution in [1.82, 2.24) is 4.90 Å². The third-order valence-corrected chi connectivity index (χ3v) is 13.6. The van der Waals surface area contributed by atoms with Crippen molar-refractivity contribution in [3.63, 3.8) is 0 Å². The van der Waals surface area contributed by atoms with E-state index in [1.807, 2.05) is 60.7 Å². The summed E-state index contributed by atoms with van der Waals surface area (Å²) in [5.74, 6) is -3.35. The number of carboxylic acid groups (broad SMARTS) is 2. The van der Waals surface area contributed by atoms with Crippen molar-refractivity contribution < 1.29 is 41.4 Å². The number of likely N-dealkylation sites (tertiary alicyclic amines) is 1. The van der Waals surface area contributed by atoms with Crippen molar-refractivity contribution in [2.45, 2.75) is 22.6 Å². The first-order valence-corrected chi connectivity index (χ1v) is 21.6. The number of sulfonamides is 2. The molecule has 0 aliphatic carbocycles. The van der Waals surface area contributed by atoms with Gasteiger partial charge in [-0.2, -0.15) is 0 Å². The molecular weight excluding hydrogens is 791 g/mol. The van der Waals surface area contributed by atoms with Crippen LogP contribution in [0.15, 0.2) is 155 Å². The molecule has 0 radical (unpaired) electrons. The van der Waals surface area contributed by atoms with E-state index in [0.29, 0.717) is 13.1 Å². The minimum absolute atomic E-state index is 0.0398. The van der Waals surface area contributed by atoms with E-state index in [-0.39, 0.29) is 43.4 Å². The SMILES string of the molecule is O=C(O)CN(c1cc(/C=C/C(=O)N2CCCC2)c(N(CC(=O)O)S(=O)(=O)c2ccc(-c3ccccc3)cc2)c2ccccc12)S(=O)(=O)c1ccc(-c2ccccc2)cc1. The number of rotatable bonds is 14. The Morgan fingerprint density at radius 3 is 1.47 bits per heavy atom. The van der Waals surface area contributed by atoms with Crippen molar-refractivity contribution >= 4 is 66.1 Å². The predicted octanol–water partition coefficient (Wildman–Crippen LogP) is 7.37. The van der Waals surface area contributed by atoms with Gasteiger partial charge in [0.2, 0.25) is 5.91 Å². The number of carboxylic acids is 2.